The Morgan fingerprint density at radius 2 is 0.818 bits per heavy atom. The first-order valence-corrected chi connectivity index (χ1v) is 18.5. The third kappa shape index (κ3) is 5.43. The van der Waals surface area contributed by atoms with Crippen molar-refractivity contribution in [3.63, 3.8) is 0 Å². The van der Waals surface area contributed by atoms with Crippen LogP contribution < -0.4 is 0 Å². The predicted molar refractivity (Wildman–Crippen MR) is 227 cm³/mol. The number of furan rings is 1. The molecule has 2 heterocycles. The average molecular weight is 702 g/mol. The van der Waals surface area contributed by atoms with Crippen LogP contribution in [0.2, 0.25) is 0 Å². The Balaban J connectivity index is 1.04. The zero-order chi connectivity index (χ0) is 36.3. The summed E-state index contributed by atoms with van der Waals surface area (Å²) in [6.45, 7) is 0. The number of nitrogens with zero attached hydrogens (tertiary/aromatic N) is 3. The Kier molecular flexibility index (Phi) is 7.14. The Hall–Kier alpha value is -7.43. The molecule has 0 unspecified atom stereocenters. The van der Waals surface area contributed by atoms with E-state index >= 15 is 0 Å². The first-order valence-electron chi connectivity index (χ1n) is 18.5. The summed E-state index contributed by atoms with van der Waals surface area (Å²) >= 11 is 0. The van der Waals surface area contributed by atoms with Gasteiger partial charge in [0.2, 0.25) is 0 Å². The van der Waals surface area contributed by atoms with Gasteiger partial charge in [-0.15, -0.1) is 0 Å². The quantitative estimate of drug-likeness (QED) is 0.168. The maximum atomic E-state index is 6.54. The van der Waals surface area contributed by atoms with E-state index < -0.39 is 0 Å². The van der Waals surface area contributed by atoms with Crippen LogP contribution >= 0.6 is 0 Å². The van der Waals surface area contributed by atoms with E-state index in [0.717, 1.165) is 55.1 Å². The molecule has 0 atom stereocenters. The lowest BCUT2D eigenvalue weighted by molar-refractivity contribution is 0.669. The SMILES string of the molecule is c1ccc(-c2ccc3c(ccc4cc(-c5nc(-c6ccccc6)nc(-c6cccc7oc8cc(-c9ccc%10ccccc%10c9)ccc8c67)n5)ccc43)c2)cc1. The zero-order valence-corrected chi connectivity index (χ0v) is 29.6. The van der Waals surface area contributed by atoms with Gasteiger partial charge in [0.25, 0.3) is 0 Å². The molecule has 0 spiro atoms. The van der Waals surface area contributed by atoms with Crippen LogP contribution in [-0.4, -0.2) is 15.0 Å². The van der Waals surface area contributed by atoms with Crippen LogP contribution in [0.4, 0.5) is 0 Å². The Morgan fingerprint density at radius 1 is 0.291 bits per heavy atom. The van der Waals surface area contributed by atoms with E-state index in [4.69, 9.17) is 19.4 Å². The molecule has 11 aromatic rings. The third-order valence-corrected chi connectivity index (χ3v) is 10.7. The molecule has 0 aliphatic carbocycles. The minimum absolute atomic E-state index is 0.600. The van der Waals surface area contributed by atoms with Crippen molar-refractivity contribution in [3.8, 4) is 56.4 Å². The van der Waals surface area contributed by atoms with Crippen molar-refractivity contribution >= 4 is 54.3 Å². The van der Waals surface area contributed by atoms with Gasteiger partial charge in [-0.3, -0.25) is 0 Å². The molecule has 0 saturated heterocycles. The van der Waals surface area contributed by atoms with Gasteiger partial charge >= 0.3 is 0 Å². The number of hydrogen-bond donors (Lipinski definition) is 0. The summed E-state index contributed by atoms with van der Waals surface area (Å²) in [5, 5.41) is 9.19. The maximum Gasteiger partial charge on any atom is 0.164 e. The molecule has 0 saturated carbocycles. The summed E-state index contributed by atoms with van der Waals surface area (Å²) in [6.07, 6.45) is 0. The van der Waals surface area contributed by atoms with Crippen molar-refractivity contribution in [1.29, 1.82) is 0 Å². The number of aromatic nitrogens is 3. The molecule has 0 aliphatic heterocycles. The van der Waals surface area contributed by atoms with Crippen LogP contribution in [0.5, 0.6) is 0 Å². The van der Waals surface area contributed by atoms with Crippen LogP contribution in [0.3, 0.4) is 0 Å². The highest BCUT2D eigenvalue weighted by molar-refractivity contribution is 6.13. The fourth-order valence-electron chi connectivity index (χ4n) is 7.92. The number of hydrogen-bond acceptors (Lipinski definition) is 4. The van der Waals surface area contributed by atoms with Gasteiger partial charge in [0.05, 0.1) is 0 Å². The van der Waals surface area contributed by atoms with E-state index in [0.29, 0.717) is 17.5 Å². The van der Waals surface area contributed by atoms with E-state index in [2.05, 4.69) is 146 Å². The minimum Gasteiger partial charge on any atom is -0.456 e. The molecule has 4 heteroatoms. The first-order chi connectivity index (χ1) is 27.2. The van der Waals surface area contributed by atoms with Gasteiger partial charge in [0.1, 0.15) is 11.2 Å². The summed E-state index contributed by atoms with van der Waals surface area (Å²) in [7, 11) is 0. The molecule has 2 aromatic heterocycles. The maximum absolute atomic E-state index is 6.54. The number of benzene rings is 9. The Bertz CT molecular complexity index is 3260. The molecule has 0 N–H and O–H groups in total. The second kappa shape index (κ2) is 12.6. The fourth-order valence-corrected chi connectivity index (χ4v) is 7.92. The summed E-state index contributed by atoms with van der Waals surface area (Å²) < 4.78 is 6.54. The predicted octanol–water partition coefficient (Wildman–Crippen LogP) is 13.6. The molecular weight excluding hydrogens is 671 g/mol. The minimum atomic E-state index is 0.600. The molecule has 4 nitrogen and oxygen atoms in total. The highest BCUT2D eigenvalue weighted by atomic mass is 16.3. The lowest BCUT2D eigenvalue weighted by atomic mass is 9.96. The van der Waals surface area contributed by atoms with Crippen molar-refractivity contribution < 1.29 is 4.42 Å². The number of rotatable bonds is 5. The molecule has 9 aromatic carbocycles. The standard InChI is InChI=1S/C51H31N3O/c1-3-10-32(11-4-1)36-22-25-42-39(29-36)20-21-40-30-41(24-26-43(40)42)50-52-49(34-13-5-2-6-14-34)53-51(54-50)45-16-9-17-46-48(45)44-27-23-38(31-47(44)55-46)37-19-18-33-12-7-8-15-35(33)28-37/h1-31H. The largest absolute Gasteiger partial charge is 0.456 e. The van der Waals surface area contributed by atoms with Crippen molar-refractivity contribution in [2.75, 3.05) is 0 Å². The molecule has 55 heavy (non-hydrogen) atoms. The van der Waals surface area contributed by atoms with Crippen molar-refractivity contribution in [2.45, 2.75) is 0 Å². The molecule has 0 aliphatic rings. The van der Waals surface area contributed by atoms with Gasteiger partial charge in [0, 0.05) is 27.5 Å². The Labute approximate surface area is 317 Å². The van der Waals surface area contributed by atoms with Crippen LogP contribution in [-0.2, 0) is 0 Å². The van der Waals surface area contributed by atoms with Crippen molar-refractivity contribution in [2.24, 2.45) is 0 Å². The van der Waals surface area contributed by atoms with Crippen molar-refractivity contribution in [1.82, 2.24) is 15.0 Å². The second-order valence-corrected chi connectivity index (χ2v) is 14.0. The van der Waals surface area contributed by atoms with Gasteiger partial charge in [-0.05, 0) is 91.0 Å². The van der Waals surface area contributed by atoms with E-state index in [1.165, 1.54) is 38.1 Å². The first kappa shape index (κ1) is 31.1. The van der Waals surface area contributed by atoms with E-state index in [1.807, 2.05) is 42.5 Å². The molecule has 256 valence electrons. The number of fused-ring (bicyclic) bond motifs is 7. The lowest BCUT2D eigenvalue weighted by Crippen LogP contribution is -2.00. The highest BCUT2D eigenvalue weighted by Gasteiger charge is 2.19. The monoisotopic (exact) mass is 701 g/mol. The fraction of sp³-hybridized carbons (Fsp3) is 0. The Morgan fingerprint density at radius 3 is 1.58 bits per heavy atom. The van der Waals surface area contributed by atoms with E-state index in [9.17, 15) is 0 Å². The third-order valence-electron chi connectivity index (χ3n) is 10.7. The average Bonchev–Trinajstić information content (AvgIpc) is 3.64. The molecule has 0 bridgehead atoms. The van der Waals surface area contributed by atoms with Crippen molar-refractivity contribution in [3.05, 3.63) is 188 Å². The summed E-state index contributed by atoms with van der Waals surface area (Å²) in [4.78, 5) is 15.3. The van der Waals surface area contributed by atoms with Gasteiger partial charge in [0.15, 0.2) is 17.5 Å². The van der Waals surface area contributed by atoms with Gasteiger partial charge in [-0.2, -0.15) is 0 Å². The molecule has 0 fully saturated rings. The molecule has 0 amide bonds. The topological polar surface area (TPSA) is 51.8 Å². The molecule has 11 rings (SSSR count). The molecular formula is C51H31N3O. The second-order valence-electron chi connectivity index (χ2n) is 14.0. The van der Waals surface area contributed by atoms with Crippen LogP contribution in [0.25, 0.3) is 111 Å². The highest BCUT2D eigenvalue weighted by Crippen LogP contribution is 2.39. The summed E-state index contributed by atoms with van der Waals surface area (Å²) in [5.74, 6) is 1.84. The summed E-state index contributed by atoms with van der Waals surface area (Å²) in [5.41, 5.74) is 9.05. The van der Waals surface area contributed by atoms with Crippen LogP contribution in [0, 0.1) is 0 Å². The smallest absolute Gasteiger partial charge is 0.164 e. The normalized spacial score (nSPS) is 11.6. The van der Waals surface area contributed by atoms with Gasteiger partial charge < -0.3 is 4.42 Å². The summed E-state index contributed by atoms with van der Waals surface area (Å²) in [6, 6.07) is 65.9. The van der Waals surface area contributed by atoms with E-state index in [-0.39, 0.29) is 0 Å². The molecule has 0 radical (unpaired) electrons. The zero-order valence-electron chi connectivity index (χ0n) is 29.6. The van der Waals surface area contributed by atoms with Gasteiger partial charge in [-0.25, -0.2) is 15.0 Å². The lowest BCUT2D eigenvalue weighted by Gasteiger charge is -2.11. The van der Waals surface area contributed by atoms with Crippen LogP contribution in [0.1, 0.15) is 0 Å². The van der Waals surface area contributed by atoms with E-state index in [1.54, 1.807) is 0 Å². The van der Waals surface area contributed by atoms with Crippen LogP contribution in [0.15, 0.2) is 192 Å². The van der Waals surface area contributed by atoms with Gasteiger partial charge in [-0.1, -0.05) is 152 Å².